The molecule has 0 aromatic heterocycles. The van der Waals surface area contributed by atoms with E-state index in [0.29, 0.717) is 11.7 Å². The predicted octanol–water partition coefficient (Wildman–Crippen LogP) is 2.54. The summed E-state index contributed by atoms with van der Waals surface area (Å²) in [6.45, 7) is 4.38. The Morgan fingerprint density at radius 1 is 1.43 bits per heavy atom. The van der Waals surface area contributed by atoms with Crippen LogP contribution in [0.2, 0.25) is 0 Å². The van der Waals surface area contributed by atoms with Crippen LogP contribution in [0.5, 0.6) is 5.75 Å². The Labute approximate surface area is 125 Å². The molecule has 5 nitrogen and oxygen atoms in total. The molecule has 2 N–H and O–H groups in total. The topological polar surface area (TPSA) is 61.8 Å². The first-order valence-electron chi connectivity index (χ1n) is 7.37. The summed E-state index contributed by atoms with van der Waals surface area (Å²) in [5.41, 5.74) is 1.03. The Bertz CT molecular complexity index is 496. The molecule has 1 atom stereocenters. The highest BCUT2D eigenvalue weighted by atomic mass is 16.5. The number of nitrogens with zero attached hydrogens (tertiary/aromatic N) is 1. The van der Waals surface area contributed by atoms with E-state index in [1.807, 2.05) is 0 Å². The Morgan fingerprint density at radius 3 is 2.67 bits per heavy atom. The van der Waals surface area contributed by atoms with Gasteiger partial charge in [0.25, 0.3) is 0 Å². The highest BCUT2D eigenvalue weighted by Gasteiger charge is 2.23. The van der Waals surface area contributed by atoms with E-state index >= 15 is 0 Å². The summed E-state index contributed by atoms with van der Waals surface area (Å²) >= 11 is 0. The maximum Gasteiger partial charge on any atom is 0.335 e. The first-order valence-corrected chi connectivity index (χ1v) is 7.37. The minimum Gasteiger partial charge on any atom is -0.495 e. The Balaban J connectivity index is 2.10. The quantitative estimate of drug-likeness (QED) is 0.873. The number of hydrogen-bond acceptors (Lipinski definition) is 4. The molecule has 0 spiro atoms. The van der Waals surface area contributed by atoms with Crippen molar-refractivity contribution in [1.29, 1.82) is 0 Å². The van der Waals surface area contributed by atoms with E-state index < -0.39 is 5.97 Å². The second-order valence-electron chi connectivity index (χ2n) is 5.79. The summed E-state index contributed by atoms with van der Waals surface area (Å²) < 4.78 is 5.32. The van der Waals surface area contributed by atoms with E-state index in [-0.39, 0.29) is 11.6 Å². The van der Waals surface area contributed by atoms with E-state index in [9.17, 15) is 4.79 Å². The first kappa shape index (κ1) is 15.6. The average Bonchev–Trinajstić information content (AvgIpc) is 2.47. The lowest BCUT2D eigenvalue weighted by atomic mass is 9.90. The van der Waals surface area contributed by atoms with Crippen molar-refractivity contribution in [2.45, 2.75) is 25.8 Å². The van der Waals surface area contributed by atoms with Gasteiger partial charge in [0.1, 0.15) is 5.75 Å². The number of piperidine rings is 1. The molecular weight excluding hydrogens is 268 g/mol. The van der Waals surface area contributed by atoms with Crippen LogP contribution in [-0.2, 0) is 0 Å². The number of methoxy groups -OCH3 is 1. The molecule has 1 fully saturated rings. The zero-order chi connectivity index (χ0) is 15.4. The van der Waals surface area contributed by atoms with Crippen molar-refractivity contribution < 1.29 is 14.6 Å². The fourth-order valence-corrected chi connectivity index (χ4v) is 2.85. The molecule has 116 valence electrons. The predicted molar refractivity (Wildman–Crippen MR) is 83.3 cm³/mol. The molecule has 2 rings (SSSR count). The Morgan fingerprint density at radius 2 is 2.10 bits per heavy atom. The van der Waals surface area contributed by atoms with Crippen molar-refractivity contribution in [3.05, 3.63) is 23.8 Å². The molecule has 21 heavy (non-hydrogen) atoms. The molecule has 0 amide bonds. The number of hydrogen-bond donors (Lipinski definition) is 2. The van der Waals surface area contributed by atoms with Gasteiger partial charge in [-0.2, -0.15) is 0 Å². The minimum absolute atomic E-state index is 0.272. The zero-order valence-electron chi connectivity index (χ0n) is 12.9. The van der Waals surface area contributed by atoms with Gasteiger partial charge in [-0.3, -0.25) is 0 Å². The van der Waals surface area contributed by atoms with Gasteiger partial charge in [-0.05, 0) is 64.0 Å². The molecule has 1 aliphatic rings. The van der Waals surface area contributed by atoms with Gasteiger partial charge in [0, 0.05) is 6.04 Å². The zero-order valence-corrected chi connectivity index (χ0v) is 12.9. The van der Waals surface area contributed by atoms with Crippen LogP contribution in [0, 0.1) is 5.92 Å². The van der Waals surface area contributed by atoms with E-state index in [2.05, 4.69) is 24.2 Å². The molecule has 0 saturated carbocycles. The molecule has 0 radical (unpaired) electrons. The second kappa shape index (κ2) is 6.80. The minimum atomic E-state index is -0.923. The lowest BCUT2D eigenvalue weighted by molar-refractivity contribution is 0.0697. The Kier molecular flexibility index (Phi) is 5.07. The summed E-state index contributed by atoms with van der Waals surface area (Å²) in [5, 5.41) is 12.5. The van der Waals surface area contributed by atoms with E-state index in [1.54, 1.807) is 25.3 Å². The molecule has 5 heteroatoms. The lowest BCUT2D eigenvalue weighted by Gasteiger charge is -2.33. The number of likely N-dealkylation sites (tertiary alicyclic amines) is 1. The molecule has 1 aromatic carbocycles. The molecule has 1 aliphatic heterocycles. The highest BCUT2D eigenvalue weighted by molar-refractivity contribution is 5.89. The molecule has 0 aliphatic carbocycles. The van der Waals surface area contributed by atoms with Gasteiger partial charge >= 0.3 is 5.97 Å². The summed E-state index contributed by atoms with van der Waals surface area (Å²) in [6, 6.07) is 5.20. The number of carboxylic acids is 1. The summed E-state index contributed by atoms with van der Waals surface area (Å²) in [4.78, 5) is 13.4. The maximum atomic E-state index is 11.1. The number of nitrogens with one attached hydrogen (secondary N) is 1. The third-order valence-electron chi connectivity index (χ3n) is 4.30. The van der Waals surface area contributed by atoms with Crippen LogP contribution in [-0.4, -0.2) is 49.3 Å². The van der Waals surface area contributed by atoms with Gasteiger partial charge in [0.15, 0.2) is 0 Å². The number of carbonyl (C=O) groups is 1. The number of ether oxygens (including phenoxy) is 1. The number of carboxylic acid groups (broad SMARTS) is 1. The third kappa shape index (κ3) is 3.88. The monoisotopic (exact) mass is 292 g/mol. The average molecular weight is 292 g/mol. The van der Waals surface area contributed by atoms with Crippen LogP contribution in [0.1, 0.15) is 30.1 Å². The van der Waals surface area contributed by atoms with E-state index in [0.717, 1.165) is 31.6 Å². The molecule has 1 unspecified atom stereocenters. The smallest absolute Gasteiger partial charge is 0.335 e. The molecule has 1 heterocycles. The third-order valence-corrected chi connectivity index (χ3v) is 4.30. The second-order valence-corrected chi connectivity index (χ2v) is 5.79. The van der Waals surface area contributed by atoms with Crippen LogP contribution in [0.4, 0.5) is 5.69 Å². The highest BCUT2D eigenvalue weighted by Crippen LogP contribution is 2.29. The van der Waals surface area contributed by atoms with Gasteiger partial charge in [-0.25, -0.2) is 4.79 Å². The fraction of sp³-hybridized carbons (Fsp3) is 0.562. The van der Waals surface area contributed by atoms with Crippen LogP contribution >= 0.6 is 0 Å². The van der Waals surface area contributed by atoms with Crippen LogP contribution in [0.3, 0.4) is 0 Å². The standard InChI is InChI=1S/C16H24N2O3/c1-11(12-6-8-18(2)9-7-12)17-14-10-13(16(19)20)4-5-15(14)21-3/h4-5,10-12,17H,6-9H2,1-3H3,(H,19,20). The summed E-state index contributed by atoms with van der Waals surface area (Å²) in [6.07, 6.45) is 2.32. The van der Waals surface area contributed by atoms with Crippen molar-refractivity contribution in [1.82, 2.24) is 4.90 Å². The Hall–Kier alpha value is -1.75. The van der Waals surface area contributed by atoms with Gasteiger partial charge < -0.3 is 20.1 Å². The van der Waals surface area contributed by atoms with Crippen molar-refractivity contribution in [2.75, 3.05) is 32.6 Å². The van der Waals surface area contributed by atoms with Crippen molar-refractivity contribution >= 4 is 11.7 Å². The van der Waals surface area contributed by atoms with Gasteiger partial charge in [0.05, 0.1) is 18.4 Å². The van der Waals surface area contributed by atoms with E-state index in [1.165, 1.54) is 0 Å². The van der Waals surface area contributed by atoms with Gasteiger partial charge in [-0.15, -0.1) is 0 Å². The van der Waals surface area contributed by atoms with Gasteiger partial charge in [-0.1, -0.05) is 0 Å². The van der Waals surface area contributed by atoms with Crippen LogP contribution in [0.15, 0.2) is 18.2 Å². The number of aromatic carboxylic acids is 1. The molecule has 1 saturated heterocycles. The number of anilines is 1. The lowest BCUT2D eigenvalue weighted by Crippen LogP contribution is -2.37. The largest absolute Gasteiger partial charge is 0.495 e. The molecule has 0 bridgehead atoms. The normalized spacial score (nSPS) is 18.2. The van der Waals surface area contributed by atoms with Gasteiger partial charge in [0.2, 0.25) is 0 Å². The fourth-order valence-electron chi connectivity index (χ4n) is 2.85. The van der Waals surface area contributed by atoms with E-state index in [4.69, 9.17) is 9.84 Å². The van der Waals surface area contributed by atoms with Crippen LogP contribution in [0.25, 0.3) is 0 Å². The SMILES string of the molecule is COc1ccc(C(=O)O)cc1NC(C)C1CCN(C)CC1. The van der Waals surface area contributed by atoms with Crippen molar-refractivity contribution in [2.24, 2.45) is 5.92 Å². The van der Waals surface area contributed by atoms with Crippen molar-refractivity contribution in [3.63, 3.8) is 0 Å². The van der Waals surface area contributed by atoms with Crippen LogP contribution < -0.4 is 10.1 Å². The molecular formula is C16H24N2O3. The number of rotatable bonds is 5. The molecule has 1 aromatic rings. The first-order chi connectivity index (χ1) is 10.0. The summed E-state index contributed by atoms with van der Waals surface area (Å²) in [7, 11) is 3.74. The van der Waals surface area contributed by atoms with Crippen molar-refractivity contribution in [3.8, 4) is 5.75 Å². The number of benzene rings is 1. The maximum absolute atomic E-state index is 11.1. The summed E-state index contributed by atoms with van der Waals surface area (Å²) in [5.74, 6) is 0.354.